The third-order valence-corrected chi connectivity index (χ3v) is 4.98. The van der Waals surface area contributed by atoms with Crippen LogP contribution in [0.4, 0.5) is 11.4 Å². The van der Waals surface area contributed by atoms with Crippen molar-refractivity contribution in [3.05, 3.63) is 62.1 Å². The van der Waals surface area contributed by atoms with Crippen molar-refractivity contribution >= 4 is 37.1 Å². The van der Waals surface area contributed by atoms with Crippen LogP contribution in [0.15, 0.2) is 45.8 Å². The molecule has 6 nitrogen and oxygen atoms in total. The molecule has 1 N–H and O–H groups in total. The highest BCUT2D eigenvalue weighted by Gasteiger charge is 2.18. The van der Waals surface area contributed by atoms with Crippen LogP contribution in [-0.2, 0) is 16.4 Å². The van der Waals surface area contributed by atoms with E-state index in [9.17, 15) is 18.5 Å². The Balaban J connectivity index is 2.34. The summed E-state index contributed by atoms with van der Waals surface area (Å²) in [5.74, 6) is 0. The number of nitrogens with zero attached hydrogens (tertiary/aromatic N) is 1. The summed E-state index contributed by atoms with van der Waals surface area (Å²) in [4.78, 5) is 10.1. The number of hydrogen-bond acceptors (Lipinski definition) is 5. The molecule has 0 fully saturated rings. The molecule has 0 saturated carbocycles. The molecule has 0 saturated heterocycles. The molecule has 0 aliphatic rings. The van der Waals surface area contributed by atoms with Gasteiger partial charge in [0, 0.05) is 29.4 Å². The van der Waals surface area contributed by atoms with Gasteiger partial charge in [-0.05, 0) is 36.2 Å². The molecule has 0 atom stereocenters. The van der Waals surface area contributed by atoms with Gasteiger partial charge in [-0.3, -0.25) is 10.1 Å². The van der Waals surface area contributed by atoms with Crippen molar-refractivity contribution in [2.24, 2.45) is 0 Å². The predicted octanol–water partition coefficient (Wildman–Crippen LogP) is 3.68. The van der Waals surface area contributed by atoms with Crippen LogP contribution in [0.5, 0.6) is 0 Å². The number of anilines is 1. The molecule has 0 bridgehead atoms. The Kier molecular flexibility index (Phi) is 5.06. The summed E-state index contributed by atoms with van der Waals surface area (Å²) in [6.45, 7) is 2.37. The smallest absolute Gasteiger partial charge is 0.270 e. The van der Waals surface area contributed by atoms with E-state index in [0.717, 1.165) is 27.9 Å². The second kappa shape index (κ2) is 6.67. The number of rotatable bonds is 5. The zero-order chi connectivity index (χ0) is 17.2. The molecular weight excluding hydrogens is 384 g/mol. The van der Waals surface area contributed by atoms with Crippen LogP contribution in [0.3, 0.4) is 0 Å². The second-order valence-electron chi connectivity index (χ2n) is 5.13. The third kappa shape index (κ3) is 4.29. The van der Waals surface area contributed by atoms with Crippen molar-refractivity contribution < 1.29 is 13.3 Å². The largest absolute Gasteiger partial charge is 0.380 e. The fraction of sp³-hybridized carbons (Fsp3) is 0.200. The Bertz CT molecular complexity index is 866. The summed E-state index contributed by atoms with van der Waals surface area (Å²) in [7, 11) is -3.59. The lowest BCUT2D eigenvalue weighted by atomic mass is 10.1. The number of aryl methyl sites for hydroxylation is 1. The van der Waals surface area contributed by atoms with Crippen LogP contribution in [0.1, 0.15) is 11.1 Å². The average Bonchev–Trinajstić information content (AvgIpc) is 2.45. The molecular formula is C15H15BrN2O4S. The molecule has 0 radical (unpaired) electrons. The van der Waals surface area contributed by atoms with Gasteiger partial charge in [-0.1, -0.05) is 22.0 Å². The van der Waals surface area contributed by atoms with Gasteiger partial charge >= 0.3 is 0 Å². The van der Waals surface area contributed by atoms with Gasteiger partial charge < -0.3 is 5.32 Å². The third-order valence-electron chi connectivity index (χ3n) is 3.35. The van der Waals surface area contributed by atoms with E-state index in [1.54, 1.807) is 0 Å². The van der Waals surface area contributed by atoms with Crippen LogP contribution in [0.2, 0.25) is 0 Å². The standard InChI is InChI=1S/C15H15BrN2O4S/c1-10-7-12(16)4-3-11(10)9-17-14-6-5-13(18(19)20)8-15(14)23(2,21)22/h3-8,17H,9H2,1-2H3. The zero-order valence-electron chi connectivity index (χ0n) is 12.5. The van der Waals surface area contributed by atoms with E-state index >= 15 is 0 Å². The van der Waals surface area contributed by atoms with Crippen molar-refractivity contribution in [1.29, 1.82) is 0 Å². The first-order valence-corrected chi connectivity index (χ1v) is 9.34. The molecule has 0 aliphatic heterocycles. The number of nitro benzene ring substituents is 1. The average molecular weight is 399 g/mol. The molecule has 2 rings (SSSR count). The number of nitro groups is 1. The highest BCUT2D eigenvalue weighted by Crippen LogP contribution is 2.27. The van der Waals surface area contributed by atoms with E-state index < -0.39 is 14.8 Å². The van der Waals surface area contributed by atoms with Crippen LogP contribution >= 0.6 is 15.9 Å². The molecule has 0 amide bonds. The molecule has 0 spiro atoms. The zero-order valence-corrected chi connectivity index (χ0v) is 14.9. The predicted molar refractivity (Wildman–Crippen MR) is 92.4 cm³/mol. The minimum absolute atomic E-state index is 0.0820. The topological polar surface area (TPSA) is 89.3 Å². The minimum atomic E-state index is -3.59. The van der Waals surface area contributed by atoms with Crippen molar-refractivity contribution in [1.82, 2.24) is 0 Å². The Labute approximate surface area is 142 Å². The summed E-state index contributed by atoms with van der Waals surface area (Å²) in [6, 6.07) is 9.57. The first kappa shape index (κ1) is 17.4. The van der Waals surface area contributed by atoms with Gasteiger partial charge in [0.1, 0.15) is 0 Å². The van der Waals surface area contributed by atoms with Crippen molar-refractivity contribution in [3.63, 3.8) is 0 Å². The SMILES string of the molecule is Cc1cc(Br)ccc1CNc1ccc([N+](=O)[O-])cc1S(C)(=O)=O. The van der Waals surface area contributed by atoms with Crippen LogP contribution in [-0.4, -0.2) is 19.6 Å². The summed E-state index contributed by atoms with van der Waals surface area (Å²) in [5.41, 5.74) is 2.15. The van der Waals surface area contributed by atoms with Crippen LogP contribution in [0, 0.1) is 17.0 Å². The normalized spacial score (nSPS) is 11.3. The first-order valence-electron chi connectivity index (χ1n) is 6.66. The summed E-state index contributed by atoms with van der Waals surface area (Å²) in [5, 5.41) is 13.9. The number of non-ortho nitro benzene ring substituents is 1. The molecule has 0 aliphatic carbocycles. The van der Waals surface area contributed by atoms with E-state index in [4.69, 9.17) is 0 Å². The lowest BCUT2D eigenvalue weighted by Crippen LogP contribution is -2.07. The highest BCUT2D eigenvalue weighted by molar-refractivity contribution is 9.10. The number of nitrogens with one attached hydrogen (secondary N) is 1. The summed E-state index contributed by atoms with van der Waals surface area (Å²) in [6.07, 6.45) is 1.03. The van der Waals surface area contributed by atoms with Crippen LogP contribution in [0.25, 0.3) is 0 Å². The lowest BCUT2D eigenvalue weighted by molar-refractivity contribution is -0.385. The van der Waals surface area contributed by atoms with Crippen molar-refractivity contribution in [3.8, 4) is 0 Å². The molecule has 0 aromatic heterocycles. The lowest BCUT2D eigenvalue weighted by Gasteiger charge is -2.12. The molecule has 0 heterocycles. The molecule has 23 heavy (non-hydrogen) atoms. The van der Waals surface area contributed by atoms with E-state index in [0.29, 0.717) is 12.2 Å². The second-order valence-corrected chi connectivity index (χ2v) is 8.03. The maximum atomic E-state index is 11.9. The van der Waals surface area contributed by atoms with E-state index in [-0.39, 0.29) is 10.6 Å². The minimum Gasteiger partial charge on any atom is -0.380 e. The number of sulfone groups is 1. The fourth-order valence-electron chi connectivity index (χ4n) is 2.13. The van der Waals surface area contributed by atoms with Gasteiger partial charge in [-0.15, -0.1) is 0 Å². The van der Waals surface area contributed by atoms with Gasteiger partial charge in [-0.25, -0.2) is 8.42 Å². The Morgan fingerprint density at radius 2 is 1.91 bits per heavy atom. The van der Waals surface area contributed by atoms with Gasteiger partial charge in [-0.2, -0.15) is 0 Å². The number of benzene rings is 2. The Hall–Kier alpha value is -1.93. The Morgan fingerprint density at radius 3 is 2.48 bits per heavy atom. The van der Waals surface area contributed by atoms with Crippen molar-refractivity contribution in [2.45, 2.75) is 18.4 Å². The molecule has 0 unspecified atom stereocenters. The quantitative estimate of drug-likeness (QED) is 0.612. The fourth-order valence-corrected chi connectivity index (χ4v) is 3.48. The maximum absolute atomic E-state index is 11.9. The van der Waals surface area contributed by atoms with Gasteiger partial charge in [0.25, 0.3) is 5.69 Å². The molecule has 2 aromatic rings. The summed E-state index contributed by atoms with van der Waals surface area (Å²) >= 11 is 3.39. The maximum Gasteiger partial charge on any atom is 0.270 e. The summed E-state index contributed by atoms with van der Waals surface area (Å²) < 4.78 is 24.7. The number of hydrogen-bond donors (Lipinski definition) is 1. The van der Waals surface area contributed by atoms with Gasteiger partial charge in [0.05, 0.1) is 15.5 Å². The monoisotopic (exact) mass is 398 g/mol. The first-order chi connectivity index (χ1) is 10.7. The van der Waals surface area contributed by atoms with E-state index in [2.05, 4.69) is 21.2 Å². The number of halogens is 1. The van der Waals surface area contributed by atoms with E-state index in [1.165, 1.54) is 12.1 Å². The van der Waals surface area contributed by atoms with Crippen molar-refractivity contribution in [2.75, 3.05) is 11.6 Å². The van der Waals surface area contributed by atoms with E-state index in [1.807, 2.05) is 25.1 Å². The molecule has 2 aromatic carbocycles. The van der Waals surface area contributed by atoms with Gasteiger partial charge in [0.15, 0.2) is 9.84 Å². The van der Waals surface area contributed by atoms with Crippen LogP contribution < -0.4 is 5.32 Å². The Morgan fingerprint density at radius 1 is 1.22 bits per heavy atom. The van der Waals surface area contributed by atoms with Gasteiger partial charge in [0.2, 0.25) is 0 Å². The molecule has 8 heteroatoms. The molecule has 122 valence electrons. The highest BCUT2D eigenvalue weighted by atomic mass is 79.9.